The van der Waals surface area contributed by atoms with E-state index in [-0.39, 0.29) is 16.8 Å². The smallest absolute Gasteiger partial charge is 0.309 e. The molecule has 0 atom stereocenters. The summed E-state index contributed by atoms with van der Waals surface area (Å²) in [6.45, 7) is 0. The predicted octanol–water partition coefficient (Wildman–Crippen LogP) is 23.2. The lowest BCUT2D eigenvalue weighted by atomic mass is 9.95. The van der Waals surface area contributed by atoms with Crippen LogP contribution in [0.15, 0.2) is 352 Å². The minimum Gasteiger partial charge on any atom is -0.309 e. The number of rotatable bonds is 15. The van der Waals surface area contributed by atoms with Crippen LogP contribution >= 0.6 is 0 Å². The highest BCUT2D eigenvalue weighted by Gasteiger charge is 2.37. The van der Waals surface area contributed by atoms with Crippen LogP contribution in [0.25, 0.3) is 203 Å². The lowest BCUT2D eigenvalue weighted by Crippen LogP contribution is -2.12. The number of nitriles is 1. The molecule has 0 saturated heterocycles. The molecule has 116 heavy (non-hydrogen) atoms. The van der Waals surface area contributed by atoms with E-state index in [9.17, 15) is 5.26 Å². The van der Waals surface area contributed by atoms with E-state index >= 15 is 13.2 Å². The zero-order valence-corrected chi connectivity index (χ0v) is 61.3. The number of para-hydroxylation sites is 1. The van der Waals surface area contributed by atoms with Crippen LogP contribution in [-0.2, 0) is 6.18 Å². The van der Waals surface area contributed by atoms with E-state index < -0.39 is 11.7 Å². The van der Waals surface area contributed by atoms with Gasteiger partial charge in [0.05, 0.1) is 50.6 Å². The molecular formula is C98H58F3N15. The fraction of sp³-hybridized carbons (Fsp3) is 0.0102. The van der Waals surface area contributed by atoms with Gasteiger partial charge in [-0.25, -0.2) is 59.8 Å². The zero-order valence-electron chi connectivity index (χ0n) is 61.3. The Labute approximate surface area is 661 Å². The Bertz CT molecular complexity index is 6640. The third kappa shape index (κ3) is 12.9. The van der Waals surface area contributed by atoms with Gasteiger partial charge in [0.2, 0.25) is 0 Å². The number of benzene rings is 14. The Morgan fingerprint density at radius 3 is 0.707 bits per heavy atom. The largest absolute Gasteiger partial charge is 0.418 e. The number of fused-ring (bicyclic) bond motifs is 6. The van der Waals surface area contributed by atoms with Gasteiger partial charge in [-0.1, -0.05) is 255 Å². The summed E-state index contributed by atoms with van der Waals surface area (Å²) in [6.07, 6.45) is -4.97. The van der Waals surface area contributed by atoms with E-state index in [1.54, 1.807) is 22.8 Å². The van der Waals surface area contributed by atoms with Crippen LogP contribution in [0.2, 0.25) is 0 Å². The molecule has 0 radical (unpaired) electrons. The molecule has 0 bridgehead atoms. The lowest BCUT2D eigenvalue weighted by Gasteiger charge is -2.22. The Morgan fingerprint density at radius 2 is 0.466 bits per heavy atom. The minimum absolute atomic E-state index is 0.163. The van der Waals surface area contributed by atoms with Crippen molar-refractivity contribution in [2.24, 2.45) is 0 Å². The van der Waals surface area contributed by atoms with Crippen molar-refractivity contribution in [3.8, 4) is 165 Å². The Kier molecular flexibility index (Phi) is 17.3. The predicted molar refractivity (Wildman–Crippen MR) is 449 cm³/mol. The SMILES string of the molecule is N#Cc1ccc(-n2c3ccc(-c4nc(-c5ccccc5)nc(-c5ccccc5)n4)cc3c3cc(-c4nc(-c5ccccc5)nc(-c5ccccc5)n4)ccc32)c(-c2cccc(C(F)(F)F)c2-n2c3ccc(-c4nc(-c5ccccc5)nc(-c5ccccc5)n4)cc3c3cc(-c4nc(-c5ccccc5)nc(-c5ccccc5)n4)ccc32)c1. The van der Waals surface area contributed by atoms with Crippen LogP contribution in [0.5, 0.6) is 0 Å². The molecule has 0 spiro atoms. The van der Waals surface area contributed by atoms with Gasteiger partial charge in [-0.3, -0.25) is 0 Å². The molecule has 0 fully saturated rings. The van der Waals surface area contributed by atoms with Gasteiger partial charge in [0.15, 0.2) is 69.9 Å². The highest BCUT2D eigenvalue weighted by molar-refractivity contribution is 6.14. The number of nitrogens with zero attached hydrogens (tertiary/aromatic N) is 15. The van der Waals surface area contributed by atoms with Crippen molar-refractivity contribution in [3.05, 3.63) is 363 Å². The molecule has 14 aromatic carbocycles. The molecule has 0 aliphatic rings. The van der Waals surface area contributed by atoms with Crippen molar-refractivity contribution in [1.29, 1.82) is 5.26 Å². The average Bonchev–Trinajstić information content (AvgIpc) is 0.875. The van der Waals surface area contributed by atoms with Gasteiger partial charge < -0.3 is 9.13 Å². The van der Waals surface area contributed by atoms with Crippen molar-refractivity contribution in [3.63, 3.8) is 0 Å². The quantitative estimate of drug-likeness (QED) is 0.0944. The number of alkyl halides is 3. The summed E-state index contributed by atoms with van der Waals surface area (Å²) in [7, 11) is 0. The molecular weight excluding hydrogens is 1440 g/mol. The molecule has 20 aromatic rings. The maximum absolute atomic E-state index is 17.1. The van der Waals surface area contributed by atoms with E-state index in [1.165, 1.54) is 6.07 Å². The highest BCUT2D eigenvalue weighted by atomic mass is 19.4. The first-order chi connectivity index (χ1) is 57.0. The summed E-state index contributed by atoms with van der Waals surface area (Å²) in [5.41, 5.74) is 10.8. The van der Waals surface area contributed by atoms with Gasteiger partial charge in [0.1, 0.15) is 0 Å². The van der Waals surface area contributed by atoms with Crippen LogP contribution < -0.4 is 0 Å². The van der Waals surface area contributed by atoms with Crippen molar-refractivity contribution in [1.82, 2.24) is 68.9 Å². The van der Waals surface area contributed by atoms with E-state index in [1.807, 2.05) is 326 Å². The molecule has 0 aliphatic carbocycles. The molecule has 18 heteroatoms. The summed E-state index contributed by atoms with van der Waals surface area (Å²) in [5, 5.41) is 13.7. The number of hydrogen-bond donors (Lipinski definition) is 0. The van der Waals surface area contributed by atoms with Crippen LogP contribution in [0.4, 0.5) is 13.2 Å². The second kappa shape index (κ2) is 29.0. The van der Waals surface area contributed by atoms with Crippen molar-refractivity contribution in [2.45, 2.75) is 6.18 Å². The maximum Gasteiger partial charge on any atom is 0.418 e. The molecule has 0 unspecified atom stereocenters. The number of halogens is 3. The van der Waals surface area contributed by atoms with Crippen LogP contribution in [-0.4, -0.2) is 68.9 Å². The van der Waals surface area contributed by atoms with Crippen LogP contribution in [0.3, 0.4) is 0 Å². The topological polar surface area (TPSA) is 188 Å². The highest BCUT2D eigenvalue weighted by Crippen LogP contribution is 2.48. The second-order valence-electron chi connectivity index (χ2n) is 27.8. The first-order valence-electron chi connectivity index (χ1n) is 37.5. The van der Waals surface area contributed by atoms with Crippen molar-refractivity contribution >= 4 is 43.6 Å². The Balaban J connectivity index is 0.839. The molecule has 0 amide bonds. The summed E-state index contributed by atoms with van der Waals surface area (Å²) in [5.74, 6) is 5.04. The number of hydrogen-bond acceptors (Lipinski definition) is 13. The zero-order chi connectivity index (χ0) is 77.8. The van der Waals surface area contributed by atoms with Crippen LogP contribution in [0.1, 0.15) is 11.1 Å². The second-order valence-corrected chi connectivity index (χ2v) is 27.8. The van der Waals surface area contributed by atoms with E-state index in [0.717, 1.165) is 61.3 Å². The molecule has 20 rings (SSSR count). The van der Waals surface area contributed by atoms with Crippen molar-refractivity contribution < 1.29 is 13.2 Å². The molecule has 0 N–H and O–H groups in total. The fourth-order valence-electron chi connectivity index (χ4n) is 15.1. The third-order valence-corrected chi connectivity index (χ3v) is 20.6. The van der Waals surface area contributed by atoms with Gasteiger partial charge in [-0.2, -0.15) is 18.4 Å². The normalized spacial score (nSPS) is 11.6. The van der Waals surface area contributed by atoms with Gasteiger partial charge in [-0.15, -0.1) is 0 Å². The fourth-order valence-corrected chi connectivity index (χ4v) is 15.1. The third-order valence-electron chi connectivity index (χ3n) is 20.6. The maximum atomic E-state index is 17.1. The molecule has 6 aromatic heterocycles. The molecule has 546 valence electrons. The molecule has 15 nitrogen and oxygen atoms in total. The monoisotopic (exact) mass is 1500 g/mol. The standard InChI is InChI=1S/C98H58F3N15/c99-98(100,101)79-43-25-42-73(85(79)116-83-52-47-71(96-111-90(65-34-17-5-18-35-65)105-91(112-96)66-36-19-6-20-37-66)57-77(83)78-58-72(48-53-84(78)116)97-113-92(67-38-21-7-22-39-67)106-93(114-97)68-40-23-8-24-41-68)74-54-60(59-102)44-49-80(74)115-81-50-45-69(94-107-86(61-26-9-1-10-27-61)103-87(108-94)62-28-11-2-12-29-62)55-75(81)76-56-70(46-51-82(76)115)95-109-88(63-30-13-3-14-31-63)104-89(110-95)64-32-15-4-16-33-64/h1-58H. The van der Waals surface area contributed by atoms with Gasteiger partial charge in [-0.05, 0) is 97.1 Å². The van der Waals surface area contributed by atoms with E-state index in [4.69, 9.17) is 59.8 Å². The lowest BCUT2D eigenvalue weighted by molar-refractivity contribution is -0.137. The molecule has 0 saturated carbocycles. The van der Waals surface area contributed by atoms with Gasteiger partial charge >= 0.3 is 6.18 Å². The van der Waals surface area contributed by atoms with Crippen molar-refractivity contribution in [2.75, 3.05) is 0 Å². The first kappa shape index (κ1) is 69.2. The van der Waals surface area contributed by atoms with E-state index in [0.29, 0.717) is 136 Å². The molecule has 6 heterocycles. The van der Waals surface area contributed by atoms with Gasteiger partial charge in [0, 0.05) is 99.4 Å². The first-order valence-corrected chi connectivity index (χ1v) is 37.5. The summed E-state index contributed by atoms with van der Waals surface area (Å²) in [6, 6.07) is 112. The van der Waals surface area contributed by atoms with E-state index in [2.05, 4.69) is 6.07 Å². The average molecular weight is 1500 g/mol. The summed E-state index contributed by atoms with van der Waals surface area (Å²) in [4.78, 5) is 61.3. The Morgan fingerprint density at radius 1 is 0.224 bits per heavy atom. The summed E-state index contributed by atoms with van der Waals surface area (Å²) < 4.78 is 54.9. The van der Waals surface area contributed by atoms with Crippen LogP contribution in [0, 0.1) is 11.3 Å². The van der Waals surface area contributed by atoms with Gasteiger partial charge in [0.25, 0.3) is 0 Å². The molecule has 0 aliphatic heterocycles. The number of aromatic nitrogens is 14. The Hall–Kier alpha value is -16.0. The summed E-state index contributed by atoms with van der Waals surface area (Å²) >= 11 is 0. The minimum atomic E-state index is -4.97.